The number of aromatic nitrogens is 2. The number of hydrogen-bond donors (Lipinski definition) is 3. The highest BCUT2D eigenvalue weighted by atomic mass is 16.4. The van der Waals surface area contributed by atoms with E-state index in [4.69, 9.17) is 9.52 Å². The molecule has 2 heterocycles. The van der Waals surface area contributed by atoms with Crippen LogP contribution in [0.25, 0.3) is 0 Å². The van der Waals surface area contributed by atoms with Gasteiger partial charge in [0, 0.05) is 11.3 Å². The molecule has 2 aromatic heterocycles. The molecule has 0 bridgehead atoms. The molecule has 1 unspecified atom stereocenters. The number of hydrogen-bond acceptors (Lipinski definition) is 4. The Balaban J connectivity index is 2.10. The van der Waals surface area contributed by atoms with Gasteiger partial charge in [-0.05, 0) is 32.9 Å². The van der Waals surface area contributed by atoms with Gasteiger partial charge in [0.25, 0.3) is 5.91 Å². The minimum atomic E-state index is -0.313. The van der Waals surface area contributed by atoms with Gasteiger partial charge in [-0.2, -0.15) is 5.10 Å². The topological polar surface area (TPSA) is 91.2 Å². The van der Waals surface area contributed by atoms with Gasteiger partial charge in [-0.15, -0.1) is 0 Å². The number of nitrogens with one attached hydrogen (secondary N) is 2. The largest absolute Gasteiger partial charge is 0.453 e. The summed E-state index contributed by atoms with van der Waals surface area (Å²) in [7, 11) is 0. The van der Waals surface area contributed by atoms with Crippen LogP contribution >= 0.6 is 0 Å². The molecule has 0 saturated carbocycles. The number of rotatable bonds is 4. The predicted octanol–water partition coefficient (Wildman–Crippen LogP) is 1.60. The Labute approximate surface area is 110 Å². The summed E-state index contributed by atoms with van der Waals surface area (Å²) < 4.78 is 5.19. The Morgan fingerprint density at radius 3 is 2.79 bits per heavy atom. The lowest BCUT2D eigenvalue weighted by Gasteiger charge is -2.13. The van der Waals surface area contributed by atoms with Gasteiger partial charge in [0.1, 0.15) is 12.4 Å². The first kappa shape index (κ1) is 13.4. The van der Waals surface area contributed by atoms with E-state index in [1.807, 2.05) is 20.8 Å². The Morgan fingerprint density at radius 1 is 1.53 bits per heavy atom. The fourth-order valence-corrected chi connectivity index (χ4v) is 2.12. The highest BCUT2D eigenvalue weighted by Gasteiger charge is 2.19. The molecule has 1 atom stereocenters. The summed E-state index contributed by atoms with van der Waals surface area (Å²) >= 11 is 0. The number of aromatic amines is 1. The summed E-state index contributed by atoms with van der Waals surface area (Å²) in [6.07, 6.45) is 0. The predicted molar refractivity (Wildman–Crippen MR) is 68.6 cm³/mol. The number of H-pyrrole nitrogens is 1. The van der Waals surface area contributed by atoms with Crippen LogP contribution < -0.4 is 5.32 Å². The second-order valence-electron chi connectivity index (χ2n) is 4.47. The lowest BCUT2D eigenvalue weighted by Crippen LogP contribution is -2.26. The van der Waals surface area contributed by atoms with Crippen molar-refractivity contribution in [2.75, 3.05) is 0 Å². The summed E-state index contributed by atoms with van der Waals surface area (Å²) in [5.41, 5.74) is 2.77. The average molecular weight is 263 g/mol. The normalized spacial score (nSPS) is 12.4. The molecule has 0 spiro atoms. The van der Waals surface area contributed by atoms with E-state index < -0.39 is 0 Å². The molecule has 102 valence electrons. The third-order valence-corrected chi connectivity index (χ3v) is 3.01. The second-order valence-corrected chi connectivity index (χ2v) is 4.47. The first-order valence-electron chi connectivity index (χ1n) is 6.04. The molecular formula is C13H17N3O3. The summed E-state index contributed by atoms with van der Waals surface area (Å²) in [4.78, 5) is 12.0. The van der Waals surface area contributed by atoms with Gasteiger partial charge in [-0.25, -0.2) is 0 Å². The van der Waals surface area contributed by atoms with E-state index in [9.17, 15) is 4.79 Å². The molecule has 1 amide bonds. The van der Waals surface area contributed by atoms with Crippen molar-refractivity contribution in [3.8, 4) is 0 Å². The number of aryl methyl sites for hydroxylation is 2. The van der Waals surface area contributed by atoms with Crippen LogP contribution in [0.2, 0.25) is 0 Å². The maximum Gasteiger partial charge on any atom is 0.287 e. The van der Waals surface area contributed by atoms with Crippen LogP contribution in [0.15, 0.2) is 16.5 Å². The van der Waals surface area contributed by atoms with E-state index in [0.29, 0.717) is 5.76 Å². The third kappa shape index (κ3) is 2.68. The van der Waals surface area contributed by atoms with Gasteiger partial charge in [0.15, 0.2) is 5.76 Å². The molecule has 2 aromatic rings. The summed E-state index contributed by atoms with van der Waals surface area (Å²) in [6.45, 7) is 5.47. The quantitative estimate of drug-likeness (QED) is 0.781. The Morgan fingerprint density at radius 2 is 2.26 bits per heavy atom. The zero-order chi connectivity index (χ0) is 14.0. The molecule has 2 rings (SSSR count). The number of aliphatic hydroxyl groups excluding tert-OH is 1. The van der Waals surface area contributed by atoms with Gasteiger partial charge in [-0.3, -0.25) is 9.89 Å². The highest BCUT2D eigenvalue weighted by molar-refractivity contribution is 5.91. The van der Waals surface area contributed by atoms with E-state index in [1.54, 1.807) is 12.1 Å². The Hall–Kier alpha value is -2.08. The van der Waals surface area contributed by atoms with Crippen LogP contribution in [0.3, 0.4) is 0 Å². The van der Waals surface area contributed by atoms with E-state index >= 15 is 0 Å². The van der Waals surface area contributed by atoms with Gasteiger partial charge in [0.05, 0.1) is 11.7 Å². The fourth-order valence-electron chi connectivity index (χ4n) is 2.12. The van der Waals surface area contributed by atoms with Crippen molar-refractivity contribution in [3.63, 3.8) is 0 Å². The van der Waals surface area contributed by atoms with Gasteiger partial charge < -0.3 is 14.8 Å². The lowest BCUT2D eigenvalue weighted by molar-refractivity contribution is 0.0907. The highest BCUT2D eigenvalue weighted by Crippen LogP contribution is 2.19. The molecule has 0 radical (unpaired) electrons. The van der Waals surface area contributed by atoms with Crippen molar-refractivity contribution in [2.45, 2.75) is 33.4 Å². The summed E-state index contributed by atoms with van der Waals surface area (Å²) in [5, 5.41) is 18.7. The van der Waals surface area contributed by atoms with Crippen LogP contribution in [0.1, 0.15) is 46.2 Å². The minimum Gasteiger partial charge on any atom is -0.453 e. The number of carbonyl (C=O) groups excluding carboxylic acids is 1. The lowest BCUT2D eigenvalue weighted by atomic mass is 10.1. The van der Waals surface area contributed by atoms with E-state index in [0.717, 1.165) is 17.0 Å². The maximum atomic E-state index is 12.0. The average Bonchev–Trinajstić information content (AvgIpc) is 2.96. The van der Waals surface area contributed by atoms with Crippen LogP contribution in [-0.4, -0.2) is 21.2 Å². The third-order valence-electron chi connectivity index (χ3n) is 3.01. The van der Waals surface area contributed by atoms with Crippen LogP contribution in [0.5, 0.6) is 0 Å². The number of furan rings is 1. The van der Waals surface area contributed by atoms with Crippen molar-refractivity contribution in [2.24, 2.45) is 0 Å². The van der Waals surface area contributed by atoms with E-state index in [2.05, 4.69) is 15.5 Å². The fraction of sp³-hybridized carbons (Fsp3) is 0.385. The molecule has 0 aliphatic heterocycles. The van der Waals surface area contributed by atoms with Crippen molar-refractivity contribution in [1.29, 1.82) is 0 Å². The molecule has 0 fully saturated rings. The monoisotopic (exact) mass is 263 g/mol. The molecule has 0 aliphatic carbocycles. The van der Waals surface area contributed by atoms with E-state index in [1.165, 1.54) is 0 Å². The molecule has 0 aromatic carbocycles. The van der Waals surface area contributed by atoms with Crippen molar-refractivity contribution in [3.05, 3.63) is 40.6 Å². The Bertz CT molecular complexity index is 566. The summed E-state index contributed by atoms with van der Waals surface area (Å²) in [6, 6.07) is 2.95. The SMILES string of the molecule is Cc1n[nH]c(C)c1C(C)NC(=O)c1ccc(CO)o1. The van der Waals surface area contributed by atoms with E-state index in [-0.39, 0.29) is 24.3 Å². The number of aliphatic hydroxyl groups is 1. The van der Waals surface area contributed by atoms with Gasteiger partial charge in [0.2, 0.25) is 0 Å². The van der Waals surface area contributed by atoms with Crippen LogP contribution in [-0.2, 0) is 6.61 Å². The first-order chi connectivity index (χ1) is 9.02. The number of amides is 1. The number of nitrogens with zero attached hydrogens (tertiary/aromatic N) is 1. The van der Waals surface area contributed by atoms with Crippen LogP contribution in [0, 0.1) is 13.8 Å². The first-order valence-corrected chi connectivity index (χ1v) is 6.04. The van der Waals surface area contributed by atoms with Crippen molar-refractivity contribution in [1.82, 2.24) is 15.5 Å². The zero-order valence-electron chi connectivity index (χ0n) is 11.2. The molecule has 6 heteroatoms. The van der Waals surface area contributed by atoms with Gasteiger partial charge >= 0.3 is 0 Å². The molecule has 0 saturated heterocycles. The second kappa shape index (κ2) is 5.27. The molecule has 6 nitrogen and oxygen atoms in total. The maximum absolute atomic E-state index is 12.0. The van der Waals surface area contributed by atoms with Crippen molar-refractivity contribution >= 4 is 5.91 Å². The molecule has 0 aliphatic rings. The molecular weight excluding hydrogens is 246 g/mol. The molecule has 19 heavy (non-hydrogen) atoms. The molecule has 3 N–H and O–H groups in total. The zero-order valence-corrected chi connectivity index (χ0v) is 11.2. The standard InChI is InChI=1S/C13H17N3O3/c1-7(12-8(2)15-16-9(12)3)14-13(18)11-5-4-10(6-17)19-11/h4-5,7,17H,6H2,1-3H3,(H,14,18)(H,15,16). The minimum absolute atomic E-state index is 0.172. The number of carbonyl (C=O) groups is 1. The van der Waals surface area contributed by atoms with Gasteiger partial charge in [-0.1, -0.05) is 0 Å². The smallest absolute Gasteiger partial charge is 0.287 e. The van der Waals surface area contributed by atoms with Crippen molar-refractivity contribution < 1.29 is 14.3 Å². The van der Waals surface area contributed by atoms with Crippen LogP contribution in [0.4, 0.5) is 0 Å². The Kier molecular flexibility index (Phi) is 3.71. The summed E-state index contributed by atoms with van der Waals surface area (Å²) in [5.74, 6) is 0.246.